The molecule has 5 rings (SSSR count). The third kappa shape index (κ3) is 4.38. The zero-order valence-corrected chi connectivity index (χ0v) is 19.3. The molecule has 1 aliphatic heterocycles. The number of hydrazone groups is 1. The Kier molecular flexibility index (Phi) is 6.01. The minimum absolute atomic E-state index is 0.141. The van der Waals surface area contributed by atoms with Crippen LogP contribution >= 0.6 is 23.2 Å². The number of nitrogens with one attached hydrogen (secondary N) is 1. The Balaban J connectivity index is 1.35. The van der Waals surface area contributed by atoms with Crippen LogP contribution in [0.5, 0.6) is 0 Å². The van der Waals surface area contributed by atoms with Crippen LogP contribution in [0.15, 0.2) is 77.9 Å². The number of amides is 2. The van der Waals surface area contributed by atoms with Crippen molar-refractivity contribution in [3.63, 3.8) is 0 Å². The van der Waals surface area contributed by atoms with Gasteiger partial charge in [-0.25, -0.2) is 9.78 Å². The van der Waals surface area contributed by atoms with Gasteiger partial charge < -0.3 is 5.32 Å². The van der Waals surface area contributed by atoms with E-state index in [9.17, 15) is 9.59 Å². The van der Waals surface area contributed by atoms with Crippen molar-refractivity contribution in [2.75, 3.05) is 11.6 Å². The fraction of sp³-hybridized carbons (Fsp3) is 0.0769. The second kappa shape index (κ2) is 9.25. The molecule has 0 spiro atoms. The standard InChI is InChI=1S/C26H18Cl2N4O2/c27-21-14-19(32-26(34)29-11-12-30-32)15-22(28)20(21)13-16-5-7-18(8-6-16)25(33)24-10-9-17-3-1-2-4-23(17)31-24/h1-10,12,14-15H,11,13H2,(H,29,34). The average molecular weight is 489 g/mol. The number of ketones is 1. The summed E-state index contributed by atoms with van der Waals surface area (Å²) >= 11 is 13.0. The largest absolute Gasteiger partial charge is 0.342 e. The number of pyridine rings is 1. The molecule has 8 heteroatoms. The first kappa shape index (κ1) is 22.1. The molecule has 4 aromatic rings. The minimum Gasteiger partial charge on any atom is -0.331 e. The number of para-hydroxylation sites is 1. The summed E-state index contributed by atoms with van der Waals surface area (Å²) in [6.07, 6.45) is 2.06. The van der Waals surface area contributed by atoms with Crippen LogP contribution < -0.4 is 10.3 Å². The van der Waals surface area contributed by atoms with Gasteiger partial charge >= 0.3 is 6.03 Å². The van der Waals surface area contributed by atoms with E-state index in [1.54, 1.807) is 36.5 Å². The van der Waals surface area contributed by atoms with Gasteiger partial charge in [-0.3, -0.25) is 4.79 Å². The highest BCUT2D eigenvalue weighted by Crippen LogP contribution is 2.33. The molecule has 1 N–H and O–H groups in total. The number of rotatable bonds is 5. The molecule has 0 aliphatic carbocycles. The first-order chi connectivity index (χ1) is 16.5. The molecule has 0 saturated carbocycles. The van der Waals surface area contributed by atoms with Crippen LogP contribution in [0.3, 0.4) is 0 Å². The molecule has 3 aromatic carbocycles. The summed E-state index contributed by atoms with van der Waals surface area (Å²) in [6, 6.07) is 21.6. The Morgan fingerprint density at radius 3 is 2.44 bits per heavy atom. The highest BCUT2D eigenvalue weighted by atomic mass is 35.5. The lowest BCUT2D eigenvalue weighted by Crippen LogP contribution is -2.41. The summed E-state index contributed by atoms with van der Waals surface area (Å²) in [5.41, 5.74) is 3.88. The number of nitrogens with zero attached hydrogens (tertiary/aromatic N) is 3. The molecule has 0 bridgehead atoms. The smallest absolute Gasteiger partial charge is 0.331 e. The lowest BCUT2D eigenvalue weighted by Gasteiger charge is -2.22. The SMILES string of the molecule is O=C(c1ccc(Cc2c(Cl)cc(N3N=CCNC3=O)cc2Cl)cc1)c1ccc2ccccc2n1. The van der Waals surface area contributed by atoms with Crippen molar-refractivity contribution in [2.45, 2.75) is 6.42 Å². The molecule has 6 nitrogen and oxygen atoms in total. The van der Waals surface area contributed by atoms with E-state index in [0.29, 0.717) is 40.0 Å². The third-order valence-corrected chi connectivity index (χ3v) is 6.21. The lowest BCUT2D eigenvalue weighted by atomic mass is 10.0. The molecule has 0 radical (unpaired) electrons. The van der Waals surface area contributed by atoms with Crippen molar-refractivity contribution in [1.82, 2.24) is 10.3 Å². The maximum Gasteiger partial charge on any atom is 0.342 e. The van der Waals surface area contributed by atoms with Gasteiger partial charge in [0.05, 0.1) is 17.7 Å². The minimum atomic E-state index is -0.344. The highest BCUT2D eigenvalue weighted by molar-refractivity contribution is 6.36. The normalized spacial score (nSPS) is 13.2. The van der Waals surface area contributed by atoms with E-state index in [1.165, 1.54) is 5.01 Å². The van der Waals surface area contributed by atoms with Gasteiger partial charge in [-0.05, 0) is 35.4 Å². The number of hydrogen-bond acceptors (Lipinski definition) is 4. The molecule has 0 atom stereocenters. The molecule has 34 heavy (non-hydrogen) atoms. The highest BCUT2D eigenvalue weighted by Gasteiger charge is 2.20. The van der Waals surface area contributed by atoms with Gasteiger partial charge in [0.25, 0.3) is 0 Å². The van der Waals surface area contributed by atoms with Gasteiger partial charge in [0, 0.05) is 33.6 Å². The van der Waals surface area contributed by atoms with Gasteiger partial charge in [-0.1, -0.05) is 71.7 Å². The van der Waals surface area contributed by atoms with E-state index in [0.717, 1.165) is 22.0 Å². The van der Waals surface area contributed by atoms with E-state index in [2.05, 4.69) is 15.4 Å². The zero-order chi connectivity index (χ0) is 23.7. The molecule has 1 aromatic heterocycles. The maximum absolute atomic E-state index is 12.9. The number of aromatic nitrogens is 1. The second-order valence-corrected chi connectivity index (χ2v) is 8.59. The Morgan fingerprint density at radius 1 is 0.971 bits per heavy atom. The number of carbonyl (C=O) groups is 2. The van der Waals surface area contributed by atoms with Crippen LogP contribution in [0.1, 0.15) is 27.2 Å². The van der Waals surface area contributed by atoms with Crippen molar-refractivity contribution in [2.24, 2.45) is 5.10 Å². The van der Waals surface area contributed by atoms with Gasteiger partial charge in [-0.15, -0.1) is 0 Å². The Labute approximate surface area is 205 Å². The summed E-state index contributed by atoms with van der Waals surface area (Å²) in [5, 5.41) is 9.82. The summed E-state index contributed by atoms with van der Waals surface area (Å²) in [6.45, 7) is 0.379. The average Bonchev–Trinajstić information content (AvgIpc) is 2.86. The molecular weight excluding hydrogens is 471 g/mol. The molecule has 2 heterocycles. The van der Waals surface area contributed by atoms with Crippen molar-refractivity contribution in [3.05, 3.63) is 105 Å². The first-order valence-electron chi connectivity index (χ1n) is 10.6. The number of benzene rings is 3. The van der Waals surface area contributed by atoms with E-state index in [-0.39, 0.29) is 11.8 Å². The summed E-state index contributed by atoms with van der Waals surface area (Å²) in [7, 11) is 0. The summed E-state index contributed by atoms with van der Waals surface area (Å²) in [5.74, 6) is -0.141. The maximum atomic E-state index is 12.9. The zero-order valence-electron chi connectivity index (χ0n) is 17.8. The predicted molar refractivity (Wildman–Crippen MR) is 135 cm³/mol. The molecule has 1 aliphatic rings. The monoisotopic (exact) mass is 488 g/mol. The van der Waals surface area contributed by atoms with E-state index in [1.807, 2.05) is 42.5 Å². The van der Waals surface area contributed by atoms with E-state index in [4.69, 9.17) is 23.2 Å². The Bertz CT molecular complexity index is 1430. The second-order valence-electron chi connectivity index (χ2n) is 7.78. The molecule has 0 saturated heterocycles. The predicted octanol–water partition coefficient (Wildman–Crippen LogP) is 5.88. The molecule has 168 valence electrons. The molecule has 0 fully saturated rings. The fourth-order valence-electron chi connectivity index (χ4n) is 3.77. The van der Waals surface area contributed by atoms with Crippen molar-refractivity contribution in [1.29, 1.82) is 0 Å². The van der Waals surface area contributed by atoms with Gasteiger partial charge in [0.2, 0.25) is 5.78 Å². The van der Waals surface area contributed by atoms with Crippen molar-refractivity contribution < 1.29 is 9.59 Å². The number of fused-ring (bicyclic) bond motifs is 1. The van der Waals surface area contributed by atoms with Crippen LogP contribution in [0.2, 0.25) is 10.0 Å². The summed E-state index contributed by atoms with van der Waals surface area (Å²) in [4.78, 5) is 29.4. The van der Waals surface area contributed by atoms with Gasteiger partial charge in [0.15, 0.2) is 0 Å². The van der Waals surface area contributed by atoms with E-state index < -0.39 is 0 Å². The van der Waals surface area contributed by atoms with Crippen LogP contribution in [0, 0.1) is 0 Å². The van der Waals surface area contributed by atoms with Crippen LogP contribution in [-0.2, 0) is 6.42 Å². The number of urea groups is 1. The number of hydrogen-bond donors (Lipinski definition) is 1. The topological polar surface area (TPSA) is 74.7 Å². The molecule has 2 amide bonds. The fourth-order valence-corrected chi connectivity index (χ4v) is 4.38. The first-order valence-corrected chi connectivity index (χ1v) is 11.3. The third-order valence-electron chi connectivity index (χ3n) is 5.53. The van der Waals surface area contributed by atoms with E-state index >= 15 is 0 Å². The summed E-state index contributed by atoms with van der Waals surface area (Å²) < 4.78 is 0. The lowest BCUT2D eigenvalue weighted by molar-refractivity contribution is 0.103. The van der Waals surface area contributed by atoms with Crippen molar-refractivity contribution >= 4 is 57.8 Å². The number of carbonyl (C=O) groups excluding carboxylic acids is 2. The van der Waals surface area contributed by atoms with Gasteiger partial charge in [0.1, 0.15) is 5.69 Å². The molecule has 0 unspecified atom stereocenters. The quantitative estimate of drug-likeness (QED) is 0.356. The van der Waals surface area contributed by atoms with Crippen LogP contribution in [0.4, 0.5) is 10.5 Å². The van der Waals surface area contributed by atoms with Gasteiger partial charge in [-0.2, -0.15) is 10.1 Å². The number of anilines is 1. The Morgan fingerprint density at radius 2 is 1.71 bits per heavy atom. The Hall–Kier alpha value is -3.74. The molecular formula is C26H18Cl2N4O2. The van der Waals surface area contributed by atoms with Crippen LogP contribution in [0.25, 0.3) is 10.9 Å². The van der Waals surface area contributed by atoms with Crippen LogP contribution in [-0.4, -0.2) is 29.6 Å². The number of halogens is 2. The van der Waals surface area contributed by atoms with Crippen molar-refractivity contribution in [3.8, 4) is 0 Å².